The Labute approximate surface area is 155 Å². The van der Waals surface area contributed by atoms with Crippen molar-refractivity contribution in [2.45, 2.75) is 13.2 Å². The number of methoxy groups -OCH3 is 1. The van der Waals surface area contributed by atoms with Crippen molar-refractivity contribution in [1.29, 1.82) is 0 Å². The number of anilines is 1. The van der Waals surface area contributed by atoms with Gasteiger partial charge in [-0.1, -0.05) is 41.4 Å². The molecule has 0 radical (unpaired) electrons. The molecule has 0 atom stereocenters. The molecule has 0 aliphatic heterocycles. The van der Waals surface area contributed by atoms with E-state index in [1.165, 1.54) is 6.33 Å². The Morgan fingerprint density at radius 2 is 2.04 bits per heavy atom. The Balaban J connectivity index is 1.76. The van der Waals surface area contributed by atoms with Crippen LogP contribution in [0.25, 0.3) is 0 Å². The van der Waals surface area contributed by atoms with Crippen LogP contribution in [0.4, 0.5) is 5.95 Å². The van der Waals surface area contributed by atoms with Crippen molar-refractivity contribution in [1.82, 2.24) is 15.2 Å². The molecule has 0 aliphatic rings. The minimum absolute atomic E-state index is 0.340. The average molecular weight is 379 g/mol. The highest BCUT2D eigenvalue weighted by molar-refractivity contribution is 6.42. The van der Waals surface area contributed by atoms with E-state index in [2.05, 4.69) is 20.5 Å². The van der Waals surface area contributed by atoms with E-state index in [4.69, 9.17) is 32.7 Å². The lowest BCUT2D eigenvalue weighted by atomic mass is 10.1. The van der Waals surface area contributed by atoms with Crippen molar-refractivity contribution in [3.8, 4) is 11.5 Å². The molecule has 2 aromatic carbocycles. The van der Waals surface area contributed by atoms with E-state index < -0.39 is 0 Å². The van der Waals surface area contributed by atoms with Crippen molar-refractivity contribution >= 4 is 29.2 Å². The first-order chi connectivity index (χ1) is 12.2. The molecule has 130 valence electrons. The molecule has 0 bridgehead atoms. The van der Waals surface area contributed by atoms with Gasteiger partial charge in [0, 0.05) is 12.1 Å². The van der Waals surface area contributed by atoms with E-state index >= 15 is 0 Å². The van der Waals surface area contributed by atoms with Gasteiger partial charge in [0.25, 0.3) is 0 Å². The molecule has 1 aromatic heterocycles. The minimum Gasteiger partial charge on any atom is -0.493 e. The monoisotopic (exact) mass is 378 g/mol. The zero-order valence-corrected chi connectivity index (χ0v) is 14.9. The summed E-state index contributed by atoms with van der Waals surface area (Å²) in [4.78, 5) is 4.04. The van der Waals surface area contributed by atoms with Gasteiger partial charge in [0.15, 0.2) is 11.5 Å². The molecule has 6 nitrogen and oxygen atoms in total. The number of hydrogen-bond donors (Lipinski definition) is 2. The molecule has 1 heterocycles. The van der Waals surface area contributed by atoms with Gasteiger partial charge < -0.3 is 14.8 Å². The topological polar surface area (TPSA) is 72.1 Å². The highest BCUT2D eigenvalue weighted by Gasteiger charge is 2.12. The van der Waals surface area contributed by atoms with Crippen LogP contribution in [0.3, 0.4) is 0 Å². The quantitative estimate of drug-likeness (QED) is 0.640. The smallest absolute Gasteiger partial charge is 0.218 e. The van der Waals surface area contributed by atoms with Crippen molar-refractivity contribution in [2.75, 3.05) is 12.4 Å². The van der Waals surface area contributed by atoms with Crippen LogP contribution in [0.15, 0.2) is 42.7 Å². The number of halogens is 2. The molecule has 0 unspecified atom stereocenters. The molecule has 25 heavy (non-hydrogen) atoms. The second-order valence-electron chi connectivity index (χ2n) is 5.17. The van der Waals surface area contributed by atoms with Gasteiger partial charge in [-0.15, -0.1) is 0 Å². The number of rotatable bonds is 7. The maximum absolute atomic E-state index is 6.05. The van der Waals surface area contributed by atoms with E-state index in [0.717, 1.165) is 11.1 Å². The van der Waals surface area contributed by atoms with Crippen LogP contribution in [-0.4, -0.2) is 22.3 Å². The number of aromatic amines is 1. The van der Waals surface area contributed by atoms with Crippen LogP contribution in [0.1, 0.15) is 11.1 Å². The molecule has 8 heteroatoms. The first-order valence-corrected chi connectivity index (χ1v) is 8.25. The van der Waals surface area contributed by atoms with Gasteiger partial charge in [0.1, 0.15) is 12.9 Å². The lowest BCUT2D eigenvalue weighted by Gasteiger charge is -2.15. The van der Waals surface area contributed by atoms with Crippen LogP contribution in [0.5, 0.6) is 11.5 Å². The maximum Gasteiger partial charge on any atom is 0.218 e. The minimum atomic E-state index is 0.340. The van der Waals surface area contributed by atoms with Crippen molar-refractivity contribution in [3.05, 3.63) is 63.9 Å². The van der Waals surface area contributed by atoms with Crippen LogP contribution < -0.4 is 14.8 Å². The fourth-order valence-corrected chi connectivity index (χ4v) is 2.60. The zero-order valence-electron chi connectivity index (χ0n) is 13.4. The molecule has 2 N–H and O–H groups in total. The number of hydrogen-bond acceptors (Lipinski definition) is 5. The summed E-state index contributed by atoms with van der Waals surface area (Å²) in [7, 11) is 1.61. The Morgan fingerprint density at radius 3 is 2.76 bits per heavy atom. The third-order valence-electron chi connectivity index (χ3n) is 3.51. The first kappa shape index (κ1) is 17.4. The van der Waals surface area contributed by atoms with E-state index in [1.807, 2.05) is 24.3 Å². The van der Waals surface area contributed by atoms with E-state index in [9.17, 15) is 0 Å². The molecule has 0 saturated carbocycles. The van der Waals surface area contributed by atoms with Gasteiger partial charge in [0.05, 0.1) is 17.2 Å². The van der Waals surface area contributed by atoms with E-state index in [-0.39, 0.29) is 0 Å². The molecular weight excluding hydrogens is 363 g/mol. The highest BCUT2D eigenvalue weighted by Crippen LogP contribution is 2.32. The fourth-order valence-electron chi connectivity index (χ4n) is 2.28. The molecule has 0 amide bonds. The van der Waals surface area contributed by atoms with Gasteiger partial charge in [-0.2, -0.15) is 5.10 Å². The third kappa shape index (κ3) is 4.35. The number of H-pyrrole nitrogens is 1. The molecular formula is C17H16Cl2N4O2. The lowest BCUT2D eigenvalue weighted by molar-refractivity contribution is 0.281. The van der Waals surface area contributed by atoms with Crippen LogP contribution in [0, 0.1) is 0 Å². The van der Waals surface area contributed by atoms with Gasteiger partial charge in [-0.3, -0.25) is 0 Å². The number of nitrogens with one attached hydrogen (secondary N) is 2. The zero-order chi connectivity index (χ0) is 17.6. The molecule has 0 spiro atoms. The number of benzene rings is 2. The van der Waals surface area contributed by atoms with Crippen LogP contribution in [0.2, 0.25) is 10.0 Å². The summed E-state index contributed by atoms with van der Waals surface area (Å²) < 4.78 is 11.4. The van der Waals surface area contributed by atoms with Gasteiger partial charge in [-0.05, 0) is 23.8 Å². The molecule has 3 aromatic rings. The van der Waals surface area contributed by atoms with Gasteiger partial charge in [-0.25, -0.2) is 10.1 Å². The Hall–Kier alpha value is -2.44. The summed E-state index contributed by atoms with van der Waals surface area (Å²) in [6.07, 6.45) is 1.44. The molecule has 0 aliphatic carbocycles. The van der Waals surface area contributed by atoms with Crippen molar-refractivity contribution in [3.63, 3.8) is 0 Å². The Morgan fingerprint density at radius 1 is 1.16 bits per heavy atom. The SMILES string of the molecule is COc1cccc(CNc2ncn[nH]2)c1OCc1ccc(Cl)c(Cl)c1. The van der Waals surface area contributed by atoms with Gasteiger partial charge in [0.2, 0.25) is 5.95 Å². The standard InChI is InChI=1S/C17H16Cl2N4O2/c1-24-15-4-2-3-12(8-20-17-21-10-22-23-17)16(15)25-9-11-5-6-13(18)14(19)7-11/h2-7,10H,8-9H2,1H3,(H2,20,21,22,23). The Kier molecular flexibility index (Phi) is 5.63. The summed E-state index contributed by atoms with van der Waals surface area (Å²) in [5.74, 6) is 1.89. The number of nitrogens with zero attached hydrogens (tertiary/aromatic N) is 2. The van der Waals surface area contributed by atoms with Crippen molar-refractivity contribution < 1.29 is 9.47 Å². The summed E-state index contributed by atoms with van der Waals surface area (Å²) >= 11 is 12.0. The fraction of sp³-hybridized carbons (Fsp3) is 0.176. The lowest BCUT2D eigenvalue weighted by Crippen LogP contribution is -2.06. The van der Waals surface area contributed by atoms with Crippen LogP contribution in [-0.2, 0) is 13.2 Å². The summed E-state index contributed by atoms with van der Waals surface area (Å²) in [5.41, 5.74) is 1.84. The molecule has 0 fully saturated rings. The normalized spacial score (nSPS) is 10.5. The summed E-state index contributed by atoms with van der Waals surface area (Å²) in [6.45, 7) is 0.843. The second kappa shape index (κ2) is 8.09. The van der Waals surface area contributed by atoms with Gasteiger partial charge >= 0.3 is 0 Å². The number of para-hydroxylation sites is 1. The number of aromatic nitrogens is 3. The Bertz CT molecular complexity index is 841. The maximum atomic E-state index is 6.05. The summed E-state index contributed by atoms with van der Waals surface area (Å²) in [5, 5.41) is 10.7. The molecule has 0 saturated heterocycles. The largest absolute Gasteiger partial charge is 0.493 e. The second-order valence-corrected chi connectivity index (χ2v) is 5.99. The number of ether oxygens (including phenoxy) is 2. The average Bonchev–Trinajstić information content (AvgIpc) is 3.14. The van der Waals surface area contributed by atoms with E-state index in [0.29, 0.717) is 40.6 Å². The highest BCUT2D eigenvalue weighted by atomic mass is 35.5. The first-order valence-electron chi connectivity index (χ1n) is 7.49. The predicted octanol–water partition coefficient (Wildman–Crippen LogP) is 4.31. The van der Waals surface area contributed by atoms with Crippen molar-refractivity contribution in [2.24, 2.45) is 0 Å². The molecule has 3 rings (SSSR count). The van der Waals surface area contributed by atoms with Crippen LogP contribution >= 0.6 is 23.2 Å². The van der Waals surface area contributed by atoms with E-state index in [1.54, 1.807) is 19.2 Å². The predicted molar refractivity (Wildman–Crippen MR) is 97.5 cm³/mol. The third-order valence-corrected chi connectivity index (χ3v) is 4.25. The summed E-state index contributed by atoms with van der Waals surface area (Å²) in [6, 6.07) is 11.1.